The first-order valence-corrected chi connectivity index (χ1v) is 3.82. The van der Waals surface area contributed by atoms with Gasteiger partial charge in [-0.3, -0.25) is 4.98 Å². The molecule has 1 aromatic rings. The zero-order chi connectivity index (χ0) is 9.84. The number of halogens is 3. The predicted molar refractivity (Wildman–Crippen MR) is 43.5 cm³/mol. The summed E-state index contributed by atoms with van der Waals surface area (Å²) in [5, 5.41) is 8.48. The second-order valence-corrected chi connectivity index (χ2v) is 2.76. The van der Waals surface area contributed by atoms with Crippen LogP contribution >= 0.6 is 11.6 Å². The minimum Gasteiger partial charge on any atom is -0.258 e. The molecule has 0 aliphatic carbocycles. The maximum Gasteiger partial charge on any atom is 0.265 e. The molecular formula is C8H5ClF2N2. The number of nitriles is 1. The monoisotopic (exact) mass is 202 g/mol. The van der Waals surface area contributed by atoms with E-state index in [0.29, 0.717) is 0 Å². The van der Waals surface area contributed by atoms with Crippen LogP contribution in [-0.2, 0) is 6.42 Å². The third kappa shape index (κ3) is 2.36. The fraction of sp³-hybridized carbons (Fsp3) is 0.250. The molecule has 0 spiro atoms. The highest BCUT2D eigenvalue weighted by Gasteiger charge is 2.14. The molecule has 0 aromatic carbocycles. The first-order valence-electron chi connectivity index (χ1n) is 3.44. The molecule has 1 heterocycles. The average Bonchev–Trinajstić information content (AvgIpc) is 2.08. The summed E-state index contributed by atoms with van der Waals surface area (Å²) in [6, 6.07) is 2.89. The summed E-state index contributed by atoms with van der Waals surface area (Å²) in [7, 11) is 0. The number of alkyl halides is 2. The molecule has 0 fully saturated rings. The SMILES string of the molecule is N#CCc1ncc(Cl)cc1C(F)F. The third-order valence-electron chi connectivity index (χ3n) is 1.45. The number of aromatic nitrogens is 1. The number of rotatable bonds is 2. The van der Waals surface area contributed by atoms with Gasteiger partial charge in [-0.1, -0.05) is 11.6 Å². The minimum absolute atomic E-state index is 0.0851. The number of hydrogen-bond donors (Lipinski definition) is 0. The maximum absolute atomic E-state index is 12.3. The molecule has 0 radical (unpaired) electrons. The Kier molecular flexibility index (Phi) is 3.15. The molecule has 0 bridgehead atoms. The Labute approximate surface area is 78.8 Å². The van der Waals surface area contributed by atoms with Gasteiger partial charge >= 0.3 is 0 Å². The summed E-state index contributed by atoms with van der Waals surface area (Å²) in [6.45, 7) is 0. The molecule has 5 heteroatoms. The zero-order valence-electron chi connectivity index (χ0n) is 6.47. The van der Waals surface area contributed by atoms with Gasteiger partial charge in [-0.15, -0.1) is 0 Å². The van der Waals surface area contributed by atoms with Gasteiger partial charge in [0.2, 0.25) is 0 Å². The summed E-state index contributed by atoms with van der Waals surface area (Å²) >= 11 is 5.48. The quantitative estimate of drug-likeness (QED) is 0.740. The van der Waals surface area contributed by atoms with E-state index in [0.717, 1.165) is 6.07 Å². The van der Waals surface area contributed by atoms with Crippen molar-refractivity contribution in [1.82, 2.24) is 4.98 Å². The normalized spacial score (nSPS) is 10.1. The molecule has 0 unspecified atom stereocenters. The molecule has 0 aliphatic heterocycles. The van der Waals surface area contributed by atoms with Crippen molar-refractivity contribution in [1.29, 1.82) is 5.26 Å². The van der Waals surface area contributed by atoms with Crippen molar-refractivity contribution in [3.05, 3.63) is 28.5 Å². The van der Waals surface area contributed by atoms with Crippen LogP contribution in [0.3, 0.4) is 0 Å². The summed E-state index contributed by atoms with van der Waals surface area (Å²) in [6.07, 6.45) is -1.52. The van der Waals surface area contributed by atoms with Gasteiger partial charge in [0.15, 0.2) is 0 Å². The van der Waals surface area contributed by atoms with Crippen LogP contribution < -0.4 is 0 Å². The molecule has 13 heavy (non-hydrogen) atoms. The molecule has 0 saturated heterocycles. The van der Waals surface area contributed by atoms with Gasteiger partial charge in [-0.05, 0) is 6.07 Å². The summed E-state index contributed by atoms with van der Waals surface area (Å²) in [5.41, 5.74) is -0.184. The lowest BCUT2D eigenvalue weighted by atomic mass is 10.1. The van der Waals surface area contributed by atoms with Crippen LogP contribution in [0.25, 0.3) is 0 Å². The van der Waals surface area contributed by atoms with Crippen LogP contribution in [-0.4, -0.2) is 4.98 Å². The van der Waals surface area contributed by atoms with Gasteiger partial charge in [0.25, 0.3) is 6.43 Å². The summed E-state index contributed by atoms with van der Waals surface area (Å²) in [4.78, 5) is 3.65. The van der Waals surface area contributed by atoms with Crippen LogP contribution in [0.15, 0.2) is 12.3 Å². The van der Waals surface area contributed by atoms with E-state index >= 15 is 0 Å². The number of hydrogen-bond acceptors (Lipinski definition) is 2. The number of pyridine rings is 1. The maximum atomic E-state index is 12.3. The van der Waals surface area contributed by atoms with Crippen LogP contribution in [0.2, 0.25) is 5.02 Å². The van der Waals surface area contributed by atoms with Crippen molar-refractivity contribution in [2.24, 2.45) is 0 Å². The predicted octanol–water partition coefficient (Wildman–Crippen LogP) is 2.74. The molecule has 0 aliphatic rings. The van der Waals surface area contributed by atoms with Crippen molar-refractivity contribution >= 4 is 11.6 Å². The van der Waals surface area contributed by atoms with Gasteiger partial charge in [0.1, 0.15) is 0 Å². The van der Waals surface area contributed by atoms with Gasteiger partial charge < -0.3 is 0 Å². The second-order valence-electron chi connectivity index (χ2n) is 2.33. The fourth-order valence-electron chi connectivity index (χ4n) is 0.895. The van der Waals surface area contributed by atoms with Crippen LogP contribution in [0.5, 0.6) is 0 Å². The van der Waals surface area contributed by atoms with Gasteiger partial charge in [0, 0.05) is 11.8 Å². The van der Waals surface area contributed by atoms with Crippen LogP contribution in [0.1, 0.15) is 17.7 Å². The Morgan fingerprint density at radius 1 is 1.62 bits per heavy atom. The smallest absolute Gasteiger partial charge is 0.258 e. The lowest BCUT2D eigenvalue weighted by Crippen LogP contribution is -1.97. The van der Waals surface area contributed by atoms with Crippen molar-refractivity contribution < 1.29 is 8.78 Å². The van der Waals surface area contributed by atoms with E-state index in [4.69, 9.17) is 16.9 Å². The van der Waals surface area contributed by atoms with E-state index in [1.54, 1.807) is 6.07 Å². The largest absolute Gasteiger partial charge is 0.265 e. The van der Waals surface area contributed by atoms with Gasteiger partial charge in [-0.2, -0.15) is 5.26 Å². The molecule has 0 atom stereocenters. The van der Waals surface area contributed by atoms with Gasteiger partial charge in [0.05, 0.1) is 23.2 Å². The van der Waals surface area contributed by atoms with Crippen LogP contribution in [0, 0.1) is 11.3 Å². The van der Waals surface area contributed by atoms with E-state index in [9.17, 15) is 8.78 Å². The highest BCUT2D eigenvalue weighted by Crippen LogP contribution is 2.24. The molecule has 1 aromatic heterocycles. The van der Waals surface area contributed by atoms with Crippen molar-refractivity contribution in [2.45, 2.75) is 12.8 Å². The van der Waals surface area contributed by atoms with E-state index < -0.39 is 6.43 Å². The Hall–Kier alpha value is -1.21. The van der Waals surface area contributed by atoms with Crippen molar-refractivity contribution in [3.63, 3.8) is 0 Å². The number of nitrogens with zero attached hydrogens (tertiary/aromatic N) is 2. The third-order valence-corrected chi connectivity index (χ3v) is 1.66. The van der Waals surface area contributed by atoms with E-state index in [-0.39, 0.29) is 22.7 Å². The van der Waals surface area contributed by atoms with Crippen molar-refractivity contribution in [2.75, 3.05) is 0 Å². The highest BCUT2D eigenvalue weighted by atomic mass is 35.5. The van der Waals surface area contributed by atoms with Gasteiger partial charge in [-0.25, -0.2) is 8.78 Å². The van der Waals surface area contributed by atoms with E-state index in [1.807, 2.05) is 0 Å². The zero-order valence-corrected chi connectivity index (χ0v) is 7.22. The van der Waals surface area contributed by atoms with E-state index in [1.165, 1.54) is 6.20 Å². The topological polar surface area (TPSA) is 36.7 Å². The summed E-state index contributed by atoms with van der Waals surface area (Å²) in [5.74, 6) is 0. The first kappa shape index (κ1) is 9.87. The second kappa shape index (κ2) is 4.15. The lowest BCUT2D eigenvalue weighted by molar-refractivity contribution is 0.150. The Morgan fingerprint density at radius 2 is 2.31 bits per heavy atom. The molecule has 0 saturated carbocycles. The average molecular weight is 203 g/mol. The molecule has 68 valence electrons. The lowest BCUT2D eigenvalue weighted by Gasteiger charge is -2.04. The van der Waals surface area contributed by atoms with Crippen molar-refractivity contribution in [3.8, 4) is 6.07 Å². The molecule has 2 nitrogen and oxygen atoms in total. The summed E-state index contributed by atoms with van der Waals surface area (Å²) < 4.78 is 24.6. The highest BCUT2D eigenvalue weighted by molar-refractivity contribution is 6.30. The minimum atomic E-state index is -2.64. The first-order chi connectivity index (χ1) is 6.15. The Balaban J connectivity index is 3.12. The Morgan fingerprint density at radius 3 is 2.85 bits per heavy atom. The molecule has 0 N–H and O–H groups in total. The molecule has 1 rings (SSSR count). The fourth-order valence-corrected chi connectivity index (χ4v) is 1.06. The standard InChI is InChI=1S/C8H5ClF2N2/c9-5-3-6(8(10)11)7(1-2-12)13-4-5/h3-4,8H,1H2. The Bertz CT molecular complexity index is 346. The molecule has 0 amide bonds. The van der Waals surface area contributed by atoms with E-state index in [2.05, 4.69) is 4.98 Å². The molecular weight excluding hydrogens is 198 g/mol. The van der Waals surface area contributed by atoms with Crippen LogP contribution in [0.4, 0.5) is 8.78 Å².